The second-order valence-electron chi connectivity index (χ2n) is 5.65. The lowest BCUT2D eigenvalue weighted by molar-refractivity contribution is 0.0163. The highest BCUT2D eigenvalue weighted by molar-refractivity contribution is 9.11. The molecule has 0 aliphatic heterocycles. The minimum Gasteiger partial charge on any atom is -0.444 e. The molecule has 1 N–H and O–H groups in total. The van der Waals surface area contributed by atoms with Crippen molar-refractivity contribution in [3.63, 3.8) is 0 Å². The molecule has 1 unspecified atom stereocenters. The highest BCUT2D eigenvalue weighted by atomic mass is 79.9. The van der Waals surface area contributed by atoms with E-state index in [1.54, 1.807) is 33.2 Å². The number of halogens is 1. The summed E-state index contributed by atoms with van der Waals surface area (Å²) in [6, 6.07) is 1.67. The maximum atomic E-state index is 12.0. The molecule has 7 heteroatoms. The Morgan fingerprint density at radius 3 is 2.71 bits per heavy atom. The predicted octanol–water partition coefficient (Wildman–Crippen LogP) is 3.15. The molecule has 0 fully saturated rings. The third-order valence-electron chi connectivity index (χ3n) is 2.84. The van der Waals surface area contributed by atoms with E-state index in [0.717, 1.165) is 9.35 Å². The van der Waals surface area contributed by atoms with Gasteiger partial charge in [-0.2, -0.15) is 5.26 Å². The number of likely N-dealkylation sites (N-methyl/N-ethyl adjacent to an activating group) is 1. The van der Waals surface area contributed by atoms with Gasteiger partial charge in [0.25, 0.3) is 0 Å². The fourth-order valence-electron chi connectivity index (χ4n) is 1.69. The Morgan fingerprint density at radius 1 is 1.62 bits per heavy atom. The first-order valence-electron chi connectivity index (χ1n) is 6.42. The highest BCUT2D eigenvalue weighted by Crippen LogP contribution is 2.29. The van der Waals surface area contributed by atoms with E-state index in [1.165, 1.54) is 16.2 Å². The van der Waals surface area contributed by atoms with Crippen LogP contribution in [-0.4, -0.2) is 41.4 Å². The van der Waals surface area contributed by atoms with Gasteiger partial charge in [-0.15, -0.1) is 11.3 Å². The standard InChI is InChI=1S/C14H19BrN2O3S/c1-14(2,3)20-13(19)17(4)10(7-18)5-11-9(6-16)8-21-12(11)15/h8,10,18H,5,7H2,1-4H3. The van der Waals surface area contributed by atoms with Crippen molar-refractivity contribution in [1.82, 2.24) is 4.90 Å². The third-order valence-corrected chi connectivity index (χ3v) is 4.69. The molecule has 1 amide bonds. The van der Waals surface area contributed by atoms with Crippen molar-refractivity contribution in [2.45, 2.75) is 38.8 Å². The van der Waals surface area contributed by atoms with E-state index >= 15 is 0 Å². The number of thiophene rings is 1. The van der Waals surface area contributed by atoms with Gasteiger partial charge in [-0.3, -0.25) is 0 Å². The molecule has 0 aromatic carbocycles. The van der Waals surface area contributed by atoms with Gasteiger partial charge in [-0.25, -0.2) is 4.79 Å². The number of carbonyl (C=O) groups is 1. The number of hydrogen-bond donors (Lipinski definition) is 1. The van der Waals surface area contributed by atoms with Crippen molar-refractivity contribution in [3.8, 4) is 6.07 Å². The average molecular weight is 375 g/mol. The molecular formula is C14H19BrN2O3S. The van der Waals surface area contributed by atoms with Crippen LogP contribution in [0.2, 0.25) is 0 Å². The van der Waals surface area contributed by atoms with Gasteiger partial charge in [0, 0.05) is 12.4 Å². The number of hydrogen-bond acceptors (Lipinski definition) is 5. The average Bonchev–Trinajstić information content (AvgIpc) is 2.73. The summed E-state index contributed by atoms with van der Waals surface area (Å²) >= 11 is 4.82. The Bertz CT molecular complexity index is 545. The maximum absolute atomic E-state index is 12.0. The Morgan fingerprint density at radius 2 is 2.24 bits per heavy atom. The number of nitriles is 1. The second kappa shape index (κ2) is 7.25. The van der Waals surface area contributed by atoms with Crippen LogP contribution in [0.15, 0.2) is 9.17 Å². The SMILES string of the molecule is CN(C(=O)OC(C)(C)C)C(CO)Cc1c(C#N)csc1Br. The molecule has 0 aliphatic rings. The molecule has 1 heterocycles. The Labute approximate surface area is 137 Å². The summed E-state index contributed by atoms with van der Waals surface area (Å²) < 4.78 is 6.13. The molecule has 1 atom stereocenters. The monoisotopic (exact) mass is 374 g/mol. The number of amides is 1. The van der Waals surface area contributed by atoms with Gasteiger partial charge in [-0.1, -0.05) is 0 Å². The summed E-state index contributed by atoms with van der Waals surface area (Å²) in [5.74, 6) is 0. The van der Waals surface area contributed by atoms with E-state index in [2.05, 4.69) is 22.0 Å². The number of aliphatic hydroxyl groups is 1. The molecular weight excluding hydrogens is 356 g/mol. The van der Waals surface area contributed by atoms with Crippen LogP contribution >= 0.6 is 27.3 Å². The summed E-state index contributed by atoms with van der Waals surface area (Å²) in [6.07, 6.45) is -0.106. The van der Waals surface area contributed by atoms with Gasteiger partial charge in [0.15, 0.2) is 0 Å². The number of nitrogens with zero attached hydrogens (tertiary/aromatic N) is 2. The Kier molecular flexibility index (Phi) is 6.20. The number of aliphatic hydroxyl groups excluding tert-OH is 1. The lowest BCUT2D eigenvalue weighted by atomic mass is 10.1. The van der Waals surface area contributed by atoms with E-state index in [0.29, 0.717) is 12.0 Å². The molecule has 0 saturated heterocycles. The Hall–Kier alpha value is -1.10. The molecule has 5 nitrogen and oxygen atoms in total. The van der Waals surface area contributed by atoms with Crippen LogP contribution in [0.3, 0.4) is 0 Å². The number of ether oxygens (including phenoxy) is 1. The molecule has 21 heavy (non-hydrogen) atoms. The molecule has 116 valence electrons. The van der Waals surface area contributed by atoms with Crippen molar-refractivity contribution in [2.75, 3.05) is 13.7 Å². The Balaban J connectivity index is 2.86. The van der Waals surface area contributed by atoms with Crippen LogP contribution in [0, 0.1) is 11.3 Å². The summed E-state index contributed by atoms with van der Waals surface area (Å²) in [6.45, 7) is 5.16. The fraction of sp³-hybridized carbons (Fsp3) is 0.571. The van der Waals surface area contributed by atoms with Crippen molar-refractivity contribution in [2.24, 2.45) is 0 Å². The predicted molar refractivity (Wildman–Crippen MR) is 85.3 cm³/mol. The molecule has 0 radical (unpaired) electrons. The summed E-state index contributed by atoms with van der Waals surface area (Å²) in [7, 11) is 1.58. The first-order chi connectivity index (χ1) is 9.69. The quantitative estimate of drug-likeness (QED) is 0.878. The second-order valence-corrected chi connectivity index (χ2v) is 7.84. The first kappa shape index (κ1) is 18.0. The zero-order valence-corrected chi connectivity index (χ0v) is 14.9. The minimum absolute atomic E-state index is 0.205. The van der Waals surface area contributed by atoms with E-state index in [1.807, 2.05) is 0 Å². The van der Waals surface area contributed by atoms with Crippen LogP contribution in [0.5, 0.6) is 0 Å². The van der Waals surface area contributed by atoms with E-state index in [-0.39, 0.29) is 6.61 Å². The van der Waals surface area contributed by atoms with Crippen molar-refractivity contribution >= 4 is 33.4 Å². The van der Waals surface area contributed by atoms with Gasteiger partial charge in [0.05, 0.1) is 22.0 Å². The molecule has 0 saturated carbocycles. The first-order valence-corrected chi connectivity index (χ1v) is 8.09. The van der Waals surface area contributed by atoms with Crippen LogP contribution in [0.25, 0.3) is 0 Å². The molecule has 1 aromatic heterocycles. The van der Waals surface area contributed by atoms with Crippen LogP contribution in [-0.2, 0) is 11.2 Å². The third kappa shape index (κ3) is 4.99. The summed E-state index contributed by atoms with van der Waals surface area (Å²) in [5, 5.41) is 20.4. The van der Waals surface area contributed by atoms with Crippen LogP contribution in [0.1, 0.15) is 31.9 Å². The lowest BCUT2D eigenvalue weighted by Crippen LogP contribution is -2.43. The van der Waals surface area contributed by atoms with Crippen molar-refractivity contribution < 1.29 is 14.6 Å². The minimum atomic E-state index is -0.591. The topological polar surface area (TPSA) is 73.6 Å². The zero-order chi connectivity index (χ0) is 16.2. The smallest absolute Gasteiger partial charge is 0.410 e. The normalized spacial score (nSPS) is 12.6. The largest absolute Gasteiger partial charge is 0.444 e. The molecule has 0 spiro atoms. The van der Waals surface area contributed by atoms with E-state index in [9.17, 15) is 9.90 Å². The van der Waals surface area contributed by atoms with Crippen LogP contribution < -0.4 is 0 Å². The van der Waals surface area contributed by atoms with Gasteiger partial charge in [-0.05, 0) is 48.7 Å². The molecule has 1 aromatic rings. The lowest BCUT2D eigenvalue weighted by Gasteiger charge is -2.29. The fourth-order valence-corrected chi connectivity index (χ4v) is 3.09. The van der Waals surface area contributed by atoms with Crippen LogP contribution in [0.4, 0.5) is 4.79 Å². The highest BCUT2D eigenvalue weighted by Gasteiger charge is 2.26. The van der Waals surface area contributed by atoms with Gasteiger partial charge >= 0.3 is 6.09 Å². The molecule has 0 bridgehead atoms. The van der Waals surface area contributed by atoms with Gasteiger partial charge < -0.3 is 14.7 Å². The van der Waals surface area contributed by atoms with E-state index < -0.39 is 17.7 Å². The van der Waals surface area contributed by atoms with Gasteiger partial charge in [0.1, 0.15) is 11.7 Å². The molecule has 0 aliphatic carbocycles. The summed E-state index contributed by atoms with van der Waals surface area (Å²) in [4.78, 5) is 13.4. The van der Waals surface area contributed by atoms with Crippen molar-refractivity contribution in [3.05, 3.63) is 20.3 Å². The number of rotatable bonds is 4. The number of carbonyl (C=O) groups excluding carboxylic acids is 1. The van der Waals surface area contributed by atoms with E-state index in [4.69, 9.17) is 10.00 Å². The van der Waals surface area contributed by atoms with Gasteiger partial charge in [0.2, 0.25) is 0 Å². The zero-order valence-electron chi connectivity index (χ0n) is 12.5. The maximum Gasteiger partial charge on any atom is 0.410 e. The summed E-state index contributed by atoms with van der Waals surface area (Å²) in [5.41, 5.74) is 0.770. The molecule has 1 rings (SSSR count). The van der Waals surface area contributed by atoms with Crippen molar-refractivity contribution in [1.29, 1.82) is 5.26 Å².